The molecular weight excluding hydrogens is 204 g/mol. The molecule has 0 radical (unpaired) electrons. The molecule has 0 atom stereocenters. The molecule has 5 nitrogen and oxygen atoms in total. The van der Waals surface area contributed by atoms with E-state index in [9.17, 15) is 8.42 Å². The van der Waals surface area contributed by atoms with E-state index >= 15 is 0 Å². The number of nitrogens with zero attached hydrogens (tertiary/aromatic N) is 2. The molecule has 0 saturated carbocycles. The zero-order chi connectivity index (χ0) is 9.19. The Morgan fingerprint density at radius 3 is 2.67 bits per heavy atom. The summed E-state index contributed by atoms with van der Waals surface area (Å²) >= 11 is 0. The fourth-order valence-electron chi connectivity index (χ4n) is 0.568. The first-order chi connectivity index (χ1) is 5.54. The highest BCUT2D eigenvalue weighted by atomic mass is 35.7. The zero-order valence-corrected chi connectivity index (χ0v) is 7.63. The minimum absolute atomic E-state index is 0.157. The molecule has 0 saturated heterocycles. The molecule has 1 aromatic rings. The normalized spacial score (nSPS) is 11.2. The standard InChI is InChI=1S/C5H5ClN2O3S/c1-11-4-2-5(8-3-7-4)12(6,9)10/h2-3H,1H3. The minimum atomic E-state index is -3.79. The summed E-state index contributed by atoms with van der Waals surface area (Å²) in [6, 6.07) is 1.14. The summed E-state index contributed by atoms with van der Waals surface area (Å²) in [7, 11) is 2.59. The van der Waals surface area contributed by atoms with Gasteiger partial charge in [-0.25, -0.2) is 18.4 Å². The number of ether oxygens (including phenoxy) is 1. The van der Waals surface area contributed by atoms with Crippen LogP contribution in [0.15, 0.2) is 17.4 Å². The van der Waals surface area contributed by atoms with Gasteiger partial charge in [0.05, 0.1) is 7.11 Å². The van der Waals surface area contributed by atoms with Crippen LogP contribution < -0.4 is 4.74 Å². The SMILES string of the molecule is COc1cc(S(=O)(=O)Cl)ncn1. The molecule has 0 N–H and O–H groups in total. The van der Waals surface area contributed by atoms with Crippen molar-refractivity contribution in [1.29, 1.82) is 0 Å². The van der Waals surface area contributed by atoms with Crippen LogP contribution in [0.3, 0.4) is 0 Å². The maximum Gasteiger partial charge on any atom is 0.278 e. The molecule has 0 aliphatic heterocycles. The van der Waals surface area contributed by atoms with Crippen molar-refractivity contribution >= 4 is 19.7 Å². The monoisotopic (exact) mass is 208 g/mol. The quantitative estimate of drug-likeness (QED) is 0.520. The molecule has 0 spiro atoms. The second-order valence-electron chi connectivity index (χ2n) is 1.84. The van der Waals surface area contributed by atoms with E-state index in [1.807, 2.05) is 0 Å². The van der Waals surface area contributed by atoms with Gasteiger partial charge >= 0.3 is 0 Å². The Morgan fingerprint density at radius 2 is 2.17 bits per heavy atom. The molecule has 0 aliphatic rings. The molecule has 0 amide bonds. The molecule has 0 unspecified atom stereocenters. The van der Waals surface area contributed by atoms with Gasteiger partial charge in [-0.3, -0.25) is 0 Å². The van der Waals surface area contributed by atoms with Crippen molar-refractivity contribution in [3.8, 4) is 5.88 Å². The summed E-state index contributed by atoms with van der Waals surface area (Å²) in [5, 5.41) is -0.268. The molecule has 0 fully saturated rings. The predicted molar refractivity (Wildman–Crippen MR) is 41.6 cm³/mol. The van der Waals surface area contributed by atoms with Gasteiger partial charge in [-0.05, 0) is 0 Å². The van der Waals surface area contributed by atoms with E-state index in [1.54, 1.807) is 0 Å². The molecule has 1 heterocycles. The molecule has 66 valence electrons. The summed E-state index contributed by atoms with van der Waals surface area (Å²) in [6.45, 7) is 0. The van der Waals surface area contributed by atoms with E-state index in [-0.39, 0.29) is 10.9 Å². The van der Waals surface area contributed by atoms with Gasteiger partial charge in [0.15, 0.2) is 5.03 Å². The first kappa shape index (κ1) is 9.21. The molecule has 1 rings (SSSR count). The Bertz CT molecular complexity index is 378. The summed E-state index contributed by atoms with van der Waals surface area (Å²) < 4.78 is 26.1. The van der Waals surface area contributed by atoms with Crippen molar-refractivity contribution in [2.24, 2.45) is 0 Å². The summed E-state index contributed by atoms with van der Waals surface area (Å²) in [5.74, 6) is 0.157. The second kappa shape index (κ2) is 3.24. The average Bonchev–Trinajstić information content (AvgIpc) is 2.03. The number of rotatable bonds is 2. The smallest absolute Gasteiger partial charge is 0.278 e. The fraction of sp³-hybridized carbons (Fsp3) is 0.200. The highest BCUT2D eigenvalue weighted by Crippen LogP contribution is 2.14. The topological polar surface area (TPSA) is 69.2 Å². The average molecular weight is 209 g/mol. The van der Waals surface area contributed by atoms with E-state index in [1.165, 1.54) is 7.11 Å². The van der Waals surface area contributed by atoms with Crippen molar-refractivity contribution in [3.05, 3.63) is 12.4 Å². The maximum absolute atomic E-state index is 10.7. The van der Waals surface area contributed by atoms with Gasteiger partial charge in [-0.1, -0.05) is 0 Å². The molecule has 12 heavy (non-hydrogen) atoms. The van der Waals surface area contributed by atoms with E-state index in [0.29, 0.717) is 0 Å². The lowest BCUT2D eigenvalue weighted by Gasteiger charge is -1.97. The van der Waals surface area contributed by atoms with Crippen LogP contribution in [0.4, 0.5) is 0 Å². The van der Waals surface area contributed by atoms with Crippen LogP contribution in [0, 0.1) is 0 Å². The van der Waals surface area contributed by atoms with Crippen molar-refractivity contribution in [3.63, 3.8) is 0 Å². The first-order valence-corrected chi connectivity index (χ1v) is 5.15. The number of aromatic nitrogens is 2. The van der Waals surface area contributed by atoms with Gasteiger partial charge in [0.1, 0.15) is 6.33 Å². The summed E-state index contributed by atoms with van der Waals surface area (Å²) in [5.41, 5.74) is 0. The van der Waals surface area contributed by atoms with Crippen LogP contribution in [-0.4, -0.2) is 25.5 Å². The third-order valence-corrected chi connectivity index (χ3v) is 2.27. The molecule has 7 heteroatoms. The van der Waals surface area contributed by atoms with Crippen LogP contribution in [0.1, 0.15) is 0 Å². The van der Waals surface area contributed by atoms with E-state index in [2.05, 4.69) is 14.7 Å². The van der Waals surface area contributed by atoms with Crippen molar-refractivity contribution in [1.82, 2.24) is 9.97 Å². The Kier molecular flexibility index (Phi) is 2.49. The zero-order valence-electron chi connectivity index (χ0n) is 6.06. The second-order valence-corrected chi connectivity index (χ2v) is 4.35. The van der Waals surface area contributed by atoms with E-state index in [0.717, 1.165) is 12.4 Å². The Balaban J connectivity index is 3.20. The van der Waals surface area contributed by atoms with Crippen LogP contribution in [-0.2, 0) is 9.05 Å². The van der Waals surface area contributed by atoms with Crippen molar-refractivity contribution < 1.29 is 13.2 Å². The molecule has 1 aromatic heterocycles. The highest BCUT2D eigenvalue weighted by Gasteiger charge is 2.12. The van der Waals surface area contributed by atoms with Crippen LogP contribution in [0.2, 0.25) is 0 Å². The van der Waals surface area contributed by atoms with Gasteiger partial charge in [0, 0.05) is 16.7 Å². The predicted octanol–water partition coefficient (Wildman–Crippen LogP) is 0.413. The van der Waals surface area contributed by atoms with Gasteiger partial charge in [-0.2, -0.15) is 0 Å². The Hall–Kier alpha value is -0.880. The summed E-state index contributed by atoms with van der Waals surface area (Å²) in [4.78, 5) is 7.06. The lowest BCUT2D eigenvalue weighted by molar-refractivity contribution is 0.394. The van der Waals surface area contributed by atoms with E-state index in [4.69, 9.17) is 10.7 Å². The Labute approximate surface area is 73.8 Å². The number of methoxy groups -OCH3 is 1. The first-order valence-electron chi connectivity index (χ1n) is 2.85. The van der Waals surface area contributed by atoms with Gasteiger partial charge in [-0.15, -0.1) is 0 Å². The Morgan fingerprint density at radius 1 is 1.50 bits per heavy atom. The largest absolute Gasteiger partial charge is 0.481 e. The van der Waals surface area contributed by atoms with Crippen LogP contribution in [0.25, 0.3) is 0 Å². The van der Waals surface area contributed by atoms with Gasteiger partial charge < -0.3 is 4.74 Å². The minimum Gasteiger partial charge on any atom is -0.481 e. The van der Waals surface area contributed by atoms with Gasteiger partial charge in [0.25, 0.3) is 9.05 Å². The van der Waals surface area contributed by atoms with Crippen LogP contribution in [0.5, 0.6) is 5.88 Å². The van der Waals surface area contributed by atoms with Crippen molar-refractivity contribution in [2.45, 2.75) is 5.03 Å². The molecular formula is C5H5ClN2O3S. The molecule has 0 bridgehead atoms. The lowest BCUT2D eigenvalue weighted by atomic mass is 10.6. The number of halogens is 1. The maximum atomic E-state index is 10.7. The van der Waals surface area contributed by atoms with Crippen molar-refractivity contribution in [2.75, 3.05) is 7.11 Å². The highest BCUT2D eigenvalue weighted by molar-refractivity contribution is 8.13. The molecule has 0 aliphatic carbocycles. The van der Waals surface area contributed by atoms with Crippen LogP contribution >= 0.6 is 10.7 Å². The lowest BCUT2D eigenvalue weighted by Crippen LogP contribution is -1.97. The number of hydrogen-bond donors (Lipinski definition) is 0. The molecule has 0 aromatic carbocycles. The summed E-state index contributed by atoms with van der Waals surface area (Å²) in [6.07, 6.45) is 1.06. The van der Waals surface area contributed by atoms with E-state index < -0.39 is 9.05 Å². The fourth-order valence-corrected chi connectivity index (χ4v) is 1.24. The third-order valence-electron chi connectivity index (χ3n) is 1.08. The third kappa shape index (κ3) is 2.05. The number of hydrogen-bond acceptors (Lipinski definition) is 5. The van der Waals surface area contributed by atoms with Gasteiger partial charge in [0.2, 0.25) is 5.88 Å².